The number of hydrogen-bond acceptors (Lipinski definition) is 4. The standard InChI is InChI=1S/C24H31N3O2/c1-29-14-13-27(24(28)20-8-10-25-11-9-20)18-19-5-4-12-26(17-19)23-15-21-6-2-3-7-22(21)16-23/h2-3,6-11,19,23H,4-5,12-18H2,1H3/t19-/m1/s1. The van der Waals surface area contributed by atoms with Gasteiger partial charge in [0.05, 0.1) is 6.61 Å². The zero-order valence-corrected chi connectivity index (χ0v) is 17.3. The first-order valence-corrected chi connectivity index (χ1v) is 10.7. The number of ether oxygens (including phenoxy) is 1. The Morgan fingerprint density at radius 3 is 2.59 bits per heavy atom. The van der Waals surface area contributed by atoms with Gasteiger partial charge in [0.25, 0.3) is 5.91 Å². The van der Waals surface area contributed by atoms with Crippen LogP contribution in [0.5, 0.6) is 0 Å². The van der Waals surface area contributed by atoms with Gasteiger partial charge in [-0.15, -0.1) is 0 Å². The van der Waals surface area contributed by atoms with Gasteiger partial charge in [0.15, 0.2) is 0 Å². The minimum absolute atomic E-state index is 0.0786. The first-order chi connectivity index (χ1) is 14.2. The average Bonchev–Trinajstić information content (AvgIpc) is 3.21. The van der Waals surface area contributed by atoms with Crippen molar-refractivity contribution < 1.29 is 9.53 Å². The lowest BCUT2D eigenvalue weighted by Crippen LogP contribution is -2.47. The van der Waals surface area contributed by atoms with E-state index in [0.717, 1.165) is 25.9 Å². The molecule has 1 amide bonds. The molecule has 2 aliphatic rings. The lowest BCUT2D eigenvalue weighted by molar-refractivity contribution is 0.0573. The predicted molar refractivity (Wildman–Crippen MR) is 114 cm³/mol. The van der Waals surface area contributed by atoms with Crippen molar-refractivity contribution in [1.29, 1.82) is 0 Å². The molecule has 1 aromatic heterocycles. The summed E-state index contributed by atoms with van der Waals surface area (Å²) in [6.45, 7) is 4.23. The highest BCUT2D eigenvalue weighted by Gasteiger charge is 2.31. The van der Waals surface area contributed by atoms with Gasteiger partial charge in [-0.1, -0.05) is 24.3 Å². The molecule has 0 unspecified atom stereocenters. The summed E-state index contributed by atoms with van der Waals surface area (Å²) >= 11 is 0. The third-order valence-electron chi connectivity index (χ3n) is 6.35. The molecule has 5 nitrogen and oxygen atoms in total. The first kappa shape index (κ1) is 20.0. The lowest BCUT2D eigenvalue weighted by Gasteiger charge is -2.38. The van der Waals surface area contributed by atoms with E-state index in [2.05, 4.69) is 34.1 Å². The Labute approximate surface area is 173 Å². The van der Waals surface area contributed by atoms with Crippen molar-refractivity contribution in [3.63, 3.8) is 0 Å². The maximum atomic E-state index is 13.0. The van der Waals surface area contributed by atoms with Crippen LogP contribution in [0.25, 0.3) is 0 Å². The van der Waals surface area contributed by atoms with Crippen LogP contribution >= 0.6 is 0 Å². The van der Waals surface area contributed by atoms with E-state index in [-0.39, 0.29) is 5.91 Å². The number of benzene rings is 1. The molecule has 29 heavy (non-hydrogen) atoms. The van der Waals surface area contributed by atoms with E-state index in [0.29, 0.717) is 30.7 Å². The van der Waals surface area contributed by atoms with Gasteiger partial charge in [-0.25, -0.2) is 0 Å². The number of carbonyl (C=O) groups is 1. The molecule has 2 heterocycles. The van der Waals surface area contributed by atoms with Crippen molar-refractivity contribution in [3.05, 3.63) is 65.5 Å². The Balaban J connectivity index is 1.39. The number of hydrogen-bond donors (Lipinski definition) is 0. The van der Waals surface area contributed by atoms with Crippen LogP contribution in [0, 0.1) is 5.92 Å². The van der Waals surface area contributed by atoms with E-state index in [1.54, 1.807) is 31.6 Å². The lowest BCUT2D eigenvalue weighted by atomic mass is 9.95. The third kappa shape index (κ3) is 4.85. The number of nitrogens with zero attached hydrogens (tertiary/aromatic N) is 3. The highest BCUT2D eigenvalue weighted by Crippen LogP contribution is 2.29. The van der Waals surface area contributed by atoms with Crippen molar-refractivity contribution >= 4 is 5.91 Å². The smallest absolute Gasteiger partial charge is 0.254 e. The molecule has 5 heteroatoms. The van der Waals surface area contributed by atoms with Crippen LogP contribution in [-0.4, -0.2) is 66.6 Å². The highest BCUT2D eigenvalue weighted by molar-refractivity contribution is 5.94. The number of rotatable bonds is 7. The molecule has 4 rings (SSSR count). The Kier molecular flexibility index (Phi) is 6.57. The summed E-state index contributed by atoms with van der Waals surface area (Å²) in [6.07, 6.45) is 8.07. The number of piperidine rings is 1. The average molecular weight is 394 g/mol. The number of methoxy groups -OCH3 is 1. The minimum Gasteiger partial charge on any atom is -0.383 e. The molecule has 1 aromatic carbocycles. The molecule has 2 aromatic rings. The van der Waals surface area contributed by atoms with Gasteiger partial charge >= 0.3 is 0 Å². The minimum atomic E-state index is 0.0786. The van der Waals surface area contributed by atoms with Gasteiger partial charge in [0, 0.05) is 50.7 Å². The molecule has 1 fully saturated rings. The molecule has 0 N–H and O–H groups in total. The number of fused-ring (bicyclic) bond motifs is 1. The SMILES string of the molecule is COCCN(C[C@@H]1CCCN(C2Cc3ccccc3C2)C1)C(=O)c1ccncc1. The fourth-order valence-corrected chi connectivity index (χ4v) is 4.84. The number of likely N-dealkylation sites (tertiary alicyclic amines) is 1. The molecule has 1 atom stereocenters. The molecule has 0 bridgehead atoms. The topological polar surface area (TPSA) is 45.7 Å². The van der Waals surface area contributed by atoms with Gasteiger partial charge in [-0.2, -0.15) is 0 Å². The van der Waals surface area contributed by atoms with Gasteiger partial charge in [-0.05, 0) is 61.4 Å². The maximum absolute atomic E-state index is 13.0. The molecule has 1 saturated heterocycles. The number of aromatic nitrogens is 1. The summed E-state index contributed by atoms with van der Waals surface area (Å²) in [6, 6.07) is 13.1. The quantitative estimate of drug-likeness (QED) is 0.725. The van der Waals surface area contributed by atoms with Crippen LogP contribution in [0.4, 0.5) is 0 Å². The third-order valence-corrected chi connectivity index (χ3v) is 6.35. The van der Waals surface area contributed by atoms with E-state index in [9.17, 15) is 4.79 Å². The van der Waals surface area contributed by atoms with Crippen molar-refractivity contribution in [3.8, 4) is 0 Å². The summed E-state index contributed by atoms with van der Waals surface area (Å²) < 4.78 is 5.27. The molecule has 154 valence electrons. The number of amides is 1. The van der Waals surface area contributed by atoms with Crippen LogP contribution in [-0.2, 0) is 17.6 Å². The van der Waals surface area contributed by atoms with Gasteiger partial charge in [0.1, 0.15) is 0 Å². The monoisotopic (exact) mass is 393 g/mol. The number of carbonyl (C=O) groups excluding carboxylic acids is 1. The summed E-state index contributed by atoms with van der Waals surface area (Å²) in [5, 5.41) is 0. The Morgan fingerprint density at radius 1 is 1.17 bits per heavy atom. The molecule has 1 aliphatic heterocycles. The Hall–Kier alpha value is -2.24. The predicted octanol–water partition coefficient (Wildman–Crippen LogP) is 3.05. The van der Waals surface area contributed by atoms with Crippen LogP contribution in [0.3, 0.4) is 0 Å². The van der Waals surface area contributed by atoms with Gasteiger partial charge < -0.3 is 9.64 Å². The largest absolute Gasteiger partial charge is 0.383 e. The van der Waals surface area contributed by atoms with Crippen LogP contribution < -0.4 is 0 Å². The van der Waals surface area contributed by atoms with E-state index in [1.165, 1.54) is 30.5 Å². The fourth-order valence-electron chi connectivity index (χ4n) is 4.84. The van der Waals surface area contributed by atoms with Gasteiger partial charge in [0.2, 0.25) is 0 Å². The number of pyridine rings is 1. The van der Waals surface area contributed by atoms with Crippen LogP contribution in [0.2, 0.25) is 0 Å². The maximum Gasteiger partial charge on any atom is 0.254 e. The molecule has 0 spiro atoms. The second kappa shape index (κ2) is 9.51. The van der Waals surface area contributed by atoms with Crippen molar-refractivity contribution in [2.75, 3.05) is 39.9 Å². The summed E-state index contributed by atoms with van der Waals surface area (Å²) in [5.74, 6) is 0.588. The molecule has 1 aliphatic carbocycles. The fraction of sp³-hybridized carbons (Fsp3) is 0.500. The summed E-state index contributed by atoms with van der Waals surface area (Å²) in [7, 11) is 1.69. The molecular weight excluding hydrogens is 362 g/mol. The van der Waals surface area contributed by atoms with Crippen LogP contribution in [0.1, 0.15) is 34.3 Å². The zero-order chi connectivity index (χ0) is 20.1. The van der Waals surface area contributed by atoms with Crippen LogP contribution in [0.15, 0.2) is 48.8 Å². The zero-order valence-electron chi connectivity index (χ0n) is 17.3. The van der Waals surface area contributed by atoms with Crippen molar-refractivity contribution in [1.82, 2.24) is 14.8 Å². The van der Waals surface area contributed by atoms with E-state index < -0.39 is 0 Å². The van der Waals surface area contributed by atoms with E-state index >= 15 is 0 Å². The first-order valence-electron chi connectivity index (χ1n) is 10.7. The molecular formula is C24H31N3O2. The van der Waals surface area contributed by atoms with Crippen molar-refractivity contribution in [2.45, 2.75) is 31.7 Å². The normalized spacial score (nSPS) is 19.8. The van der Waals surface area contributed by atoms with Crippen molar-refractivity contribution in [2.24, 2.45) is 5.92 Å². The second-order valence-electron chi connectivity index (χ2n) is 8.31. The molecule has 0 radical (unpaired) electrons. The van der Waals surface area contributed by atoms with Gasteiger partial charge in [-0.3, -0.25) is 14.7 Å². The Bertz CT molecular complexity index is 786. The summed E-state index contributed by atoms with van der Waals surface area (Å²) in [5.41, 5.74) is 3.72. The van der Waals surface area contributed by atoms with E-state index in [1.807, 2.05) is 4.90 Å². The second-order valence-corrected chi connectivity index (χ2v) is 8.31. The molecule has 0 saturated carbocycles. The summed E-state index contributed by atoms with van der Waals surface area (Å²) in [4.78, 5) is 21.7. The Morgan fingerprint density at radius 2 is 1.90 bits per heavy atom. The highest BCUT2D eigenvalue weighted by atomic mass is 16.5. The van der Waals surface area contributed by atoms with E-state index in [4.69, 9.17) is 4.74 Å².